The summed E-state index contributed by atoms with van der Waals surface area (Å²) >= 11 is 1.31. The Bertz CT molecular complexity index is 518. The quantitative estimate of drug-likeness (QED) is 0.833. The van der Waals surface area contributed by atoms with Gasteiger partial charge < -0.3 is 9.84 Å². The molecular weight excluding hydrogens is 286 g/mol. The Morgan fingerprint density at radius 2 is 2.37 bits per heavy atom. The minimum absolute atomic E-state index is 0.128. The van der Waals surface area contributed by atoms with E-state index in [1.54, 1.807) is 6.92 Å². The Balaban J connectivity index is 1.95. The van der Waals surface area contributed by atoms with E-state index in [1.807, 2.05) is 0 Å². The van der Waals surface area contributed by atoms with E-state index in [0.29, 0.717) is 22.7 Å². The standard InChI is InChI=1S/C12H19NO4S2/c1-9-12(7-11(8-14)18-9)19(15,16)13-5-4-10-3-2-6-17-10/h7,10,13-14H,2-6,8H2,1H3. The summed E-state index contributed by atoms with van der Waals surface area (Å²) in [6.45, 7) is 2.78. The zero-order valence-corrected chi connectivity index (χ0v) is 12.5. The first-order valence-corrected chi connectivity index (χ1v) is 8.64. The van der Waals surface area contributed by atoms with Crippen LogP contribution in [0.1, 0.15) is 29.0 Å². The number of ether oxygens (including phenoxy) is 1. The summed E-state index contributed by atoms with van der Waals surface area (Å²) < 4.78 is 32.3. The van der Waals surface area contributed by atoms with Gasteiger partial charge in [0, 0.05) is 22.9 Å². The second kappa shape index (κ2) is 6.32. The van der Waals surface area contributed by atoms with Crippen molar-refractivity contribution in [2.45, 2.75) is 43.8 Å². The lowest BCUT2D eigenvalue weighted by molar-refractivity contribution is 0.105. The Morgan fingerprint density at radius 3 is 2.95 bits per heavy atom. The number of aliphatic hydroxyl groups excluding tert-OH is 1. The Labute approximate surface area is 117 Å². The number of thiophene rings is 1. The topological polar surface area (TPSA) is 75.6 Å². The van der Waals surface area contributed by atoms with Crippen molar-refractivity contribution in [1.82, 2.24) is 4.72 Å². The molecule has 1 aliphatic rings. The Hall–Kier alpha value is -0.470. The molecule has 19 heavy (non-hydrogen) atoms. The number of hydrogen-bond acceptors (Lipinski definition) is 5. The fourth-order valence-electron chi connectivity index (χ4n) is 2.17. The highest BCUT2D eigenvalue weighted by Crippen LogP contribution is 2.25. The van der Waals surface area contributed by atoms with E-state index < -0.39 is 10.0 Å². The average molecular weight is 305 g/mol. The van der Waals surface area contributed by atoms with Gasteiger partial charge in [0.1, 0.15) is 0 Å². The van der Waals surface area contributed by atoms with E-state index in [9.17, 15) is 8.42 Å². The van der Waals surface area contributed by atoms with Crippen LogP contribution in [0, 0.1) is 6.92 Å². The van der Waals surface area contributed by atoms with Crippen LogP contribution < -0.4 is 4.72 Å². The Morgan fingerprint density at radius 1 is 1.58 bits per heavy atom. The maximum Gasteiger partial charge on any atom is 0.241 e. The number of sulfonamides is 1. The zero-order chi connectivity index (χ0) is 13.9. The van der Waals surface area contributed by atoms with Crippen LogP contribution in [0.5, 0.6) is 0 Å². The molecule has 1 aromatic heterocycles. The molecule has 0 spiro atoms. The van der Waals surface area contributed by atoms with Gasteiger partial charge in [-0.25, -0.2) is 13.1 Å². The molecule has 1 unspecified atom stereocenters. The molecule has 2 heterocycles. The fourth-order valence-corrected chi connectivity index (χ4v) is 4.71. The van der Waals surface area contributed by atoms with Crippen LogP contribution >= 0.6 is 11.3 Å². The first kappa shape index (κ1) is 14.9. The zero-order valence-electron chi connectivity index (χ0n) is 10.9. The van der Waals surface area contributed by atoms with Gasteiger partial charge in [0.25, 0.3) is 0 Å². The first-order valence-electron chi connectivity index (χ1n) is 6.34. The third-order valence-electron chi connectivity index (χ3n) is 3.15. The van der Waals surface area contributed by atoms with Crippen molar-refractivity contribution in [1.29, 1.82) is 0 Å². The van der Waals surface area contributed by atoms with Crippen molar-refractivity contribution < 1.29 is 18.3 Å². The van der Waals surface area contributed by atoms with Crippen LogP contribution in [0.4, 0.5) is 0 Å². The molecule has 0 aliphatic carbocycles. The lowest BCUT2D eigenvalue weighted by atomic mass is 10.2. The molecule has 2 N–H and O–H groups in total. The molecule has 1 saturated heterocycles. The molecule has 1 atom stereocenters. The smallest absolute Gasteiger partial charge is 0.241 e. The van der Waals surface area contributed by atoms with Crippen LogP contribution in [-0.2, 0) is 21.4 Å². The van der Waals surface area contributed by atoms with Gasteiger partial charge in [0.05, 0.1) is 17.6 Å². The van der Waals surface area contributed by atoms with E-state index in [2.05, 4.69) is 4.72 Å². The number of nitrogens with one attached hydrogen (secondary N) is 1. The molecule has 108 valence electrons. The molecule has 0 amide bonds. The van der Waals surface area contributed by atoms with E-state index in [0.717, 1.165) is 19.4 Å². The van der Waals surface area contributed by atoms with Crippen molar-refractivity contribution in [3.8, 4) is 0 Å². The highest BCUT2D eigenvalue weighted by molar-refractivity contribution is 7.89. The highest BCUT2D eigenvalue weighted by atomic mass is 32.2. The monoisotopic (exact) mass is 305 g/mol. The predicted molar refractivity (Wildman–Crippen MR) is 73.8 cm³/mol. The van der Waals surface area contributed by atoms with Gasteiger partial charge in [-0.2, -0.15) is 0 Å². The first-order chi connectivity index (χ1) is 9.03. The van der Waals surface area contributed by atoms with E-state index in [-0.39, 0.29) is 17.6 Å². The van der Waals surface area contributed by atoms with E-state index in [4.69, 9.17) is 9.84 Å². The average Bonchev–Trinajstić information content (AvgIpc) is 2.98. The third kappa shape index (κ3) is 3.76. The summed E-state index contributed by atoms with van der Waals surface area (Å²) in [5.74, 6) is 0. The SMILES string of the molecule is Cc1sc(CO)cc1S(=O)(=O)NCCC1CCCO1. The van der Waals surface area contributed by atoms with Gasteiger partial charge >= 0.3 is 0 Å². The Kier molecular flexibility index (Phi) is 4.97. The van der Waals surface area contributed by atoms with E-state index >= 15 is 0 Å². The summed E-state index contributed by atoms with van der Waals surface area (Å²) in [6.07, 6.45) is 2.95. The van der Waals surface area contributed by atoms with Crippen molar-refractivity contribution in [3.63, 3.8) is 0 Å². The van der Waals surface area contributed by atoms with Gasteiger partial charge in [-0.15, -0.1) is 11.3 Å². The highest BCUT2D eigenvalue weighted by Gasteiger charge is 2.21. The lowest BCUT2D eigenvalue weighted by Crippen LogP contribution is -2.27. The summed E-state index contributed by atoms with van der Waals surface area (Å²) in [7, 11) is -3.48. The second-order valence-electron chi connectivity index (χ2n) is 4.61. The molecule has 0 bridgehead atoms. The van der Waals surface area contributed by atoms with Gasteiger partial charge in [0.15, 0.2) is 0 Å². The molecule has 0 saturated carbocycles. The van der Waals surface area contributed by atoms with Crippen molar-refractivity contribution in [2.75, 3.05) is 13.2 Å². The van der Waals surface area contributed by atoms with Crippen LogP contribution in [0.3, 0.4) is 0 Å². The van der Waals surface area contributed by atoms with Crippen molar-refractivity contribution in [3.05, 3.63) is 15.8 Å². The predicted octanol–water partition coefficient (Wildman–Crippen LogP) is 1.40. The van der Waals surface area contributed by atoms with Crippen LogP contribution in [0.2, 0.25) is 0 Å². The molecule has 0 radical (unpaired) electrons. The van der Waals surface area contributed by atoms with Crippen molar-refractivity contribution in [2.24, 2.45) is 0 Å². The summed E-state index contributed by atoms with van der Waals surface area (Å²) in [5.41, 5.74) is 0. The number of hydrogen-bond donors (Lipinski definition) is 2. The minimum Gasteiger partial charge on any atom is -0.391 e. The molecule has 1 aliphatic heterocycles. The van der Waals surface area contributed by atoms with Gasteiger partial charge in [-0.1, -0.05) is 0 Å². The van der Waals surface area contributed by atoms with Crippen LogP contribution in [0.25, 0.3) is 0 Å². The molecule has 1 aromatic rings. The van der Waals surface area contributed by atoms with Gasteiger partial charge in [0.2, 0.25) is 10.0 Å². The van der Waals surface area contributed by atoms with Gasteiger partial charge in [-0.3, -0.25) is 0 Å². The molecule has 2 rings (SSSR count). The molecule has 7 heteroatoms. The summed E-state index contributed by atoms with van der Waals surface area (Å²) in [4.78, 5) is 1.64. The summed E-state index contributed by atoms with van der Waals surface area (Å²) in [6, 6.07) is 1.54. The van der Waals surface area contributed by atoms with Gasteiger partial charge in [-0.05, 0) is 32.3 Å². The van der Waals surface area contributed by atoms with Crippen LogP contribution in [-0.4, -0.2) is 32.8 Å². The van der Waals surface area contributed by atoms with E-state index in [1.165, 1.54) is 17.4 Å². The lowest BCUT2D eigenvalue weighted by Gasteiger charge is -2.10. The fraction of sp³-hybridized carbons (Fsp3) is 0.667. The number of rotatable bonds is 6. The largest absolute Gasteiger partial charge is 0.391 e. The molecule has 1 fully saturated rings. The second-order valence-corrected chi connectivity index (χ2v) is 7.69. The maximum atomic E-state index is 12.1. The molecular formula is C12H19NO4S2. The minimum atomic E-state index is -3.48. The van der Waals surface area contributed by atoms with Crippen molar-refractivity contribution >= 4 is 21.4 Å². The number of aliphatic hydroxyl groups is 1. The molecule has 0 aromatic carbocycles. The maximum absolute atomic E-state index is 12.1. The molecule has 5 nitrogen and oxygen atoms in total. The summed E-state index contributed by atoms with van der Waals surface area (Å²) in [5, 5.41) is 9.04. The third-order valence-corrected chi connectivity index (χ3v) is 5.90. The number of aryl methyl sites for hydroxylation is 1. The normalized spacial score (nSPS) is 20.0. The van der Waals surface area contributed by atoms with Crippen LogP contribution in [0.15, 0.2) is 11.0 Å².